The van der Waals surface area contributed by atoms with Gasteiger partial charge >= 0.3 is 0 Å². The fraction of sp³-hybridized carbons (Fsp3) is 0.125. The summed E-state index contributed by atoms with van der Waals surface area (Å²) in [6.07, 6.45) is 0.957. The summed E-state index contributed by atoms with van der Waals surface area (Å²) in [5, 5.41) is 10.5. The van der Waals surface area contributed by atoms with Crippen molar-refractivity contribution >= 4 is 59.7 Å². The number of halogens is 2. The van der Waals surface area contributed by atoms with E-state index in [4.69, 9.17) is 5.73 Å². The maximum Gasteiger partial charge on any atom is 0.180 e. The Balaban J connectivity index is 2.31. The molecule has 0 aliphatic rings. The Kier molecular flexibility index (Phi) is 3.46. The molecule has 1 atom stereocenters. The topological polar surface area (TPSA) is 59.1 Å². The third kappa shape index (κ3) is 2.42. The fourth-order valence-corrected chi connectivity index (χ4v) is 3.93. The SMILES string of the molecule is Nc1ncc(C(O)c2cc(Br)c(Br)s2)s1. The lowest BCUT2D eigenvalue weighted by atomic mass is 10.3. The maximum atomic E-state index is 10.0. The summed E-state index contributed by atoms with van der Waals surface area (Å²) in [4.78, 5) is 5.53. The molecule has 0 aliphatic carbocycles. The monoisotopic (exact) mass is 368 g/mol. The van der Waals surface area contributed by atoms with Crippen LogP contribution in [0.5, 0.6) is 0 Å². The van der Waals surface area contributed by atoms with Crippen LogP contribution < -0.4 is 5.73 Å². The van der Waals surface area contributed by atoms with Crippen LogP contribution in [0.4, 0.5) is 5.13 Å². The van der Waals surface area contributed by atoms with Crippen LogP contribution in [0.15, 0.2) is 20.5 Å². The van der Waals surface area contributed by atoms with Gasteiger partial charge < -0.3 is 10.8 Å². The predicted molar refractivity (Wildman–Crippen MR) is 70.3 cm³/mol. The van der Waals surface area contributed by atoms with Crippen LogP contribution in [0.2, 0.25) is 0 Å². The number of nitrogens with zero attached hydrogens (tertiary/aromatic N) is 1. The molecule has 80 valence electrons. The minimum absolute atomic E-state index is 0.471. The summed E-state index contributed by atoms with van der Waals surface area (Å²) in [6, 6.07) is 1.88. The summed E-state index contributed by atoms with van der Waals surface area (Å²) >= 11 is 9.55. The third-order valence-electron chi connectivity index (χ3n) is 1.74. The molecule has 0 amide bonds. The van der Waals surface area contributed by atoms with Crippen LogP contribution in [0, 0.1) is 0 Å². The fourth-order valence-electron chi connectivity index (χ4n) is 1.07. The van der Waals surface area contributed by atoms with E-state index in [1.807, 2.05) is 6.07 Å². The van der Waals surface area contributed by atoms with Crippen molar-refractivity contribution in [3.63, 3.8) is 0 Å². The number of anilines is 1. The highest BCUT2D eigenvalue weighted by Crippen LogP contribution is 2.38. The molecule has 0 spiro atoms. The van der Waals surface area contributed by atoms with Gasteiger partial charge in [0.2, 0.25) is 0 Å². The highest BCUT2D eigenvalue weighted by molar-refractivity contribution is 9.13. The quantitative estimate of drug-likeness (QED) is 0.852. The smallest absolute Gasteiger partial charge is 0.180 e. The van der Waals surface area contributed by atoms with Crippen molar-refractivity contribution in [2.45, 2.75) is 6.10 Å². The molecule has 0 aromatic carbocycles. The first-order valence-electron chi connectivity index (χ1n) is 3.92. The Bertz CT molecular complexity index is 463. The molecule has 2 rings (SSSR count). The zero-order chi connectivity index (χ0) is 11.0. The van der Waals surface area contributed by atoms with E-state index in [-0.39, 0.29) is 0 Å². The van der Waals surface area contributed by atoms with Crippen LogP contribution >= 0.6 is 54.5 Å². The molecule has 15 heavy (non-hydrogen) atoms. The molecular formula is C8H6Br2N2OS2. The lowest BCUT2D eigenvalue weighted by Crippen LogP contribution is -1.92. The number of aromatic nitrogens is 1. The van der Waals surface area contributed by atoms with Gasteiger partial charge in [-0.25, -0.2) is 4.98 Å². The molecule has 0 saturated heterocycles. The highest BCUT2D eigenvalue weighted by Gasteiger charge is 2.17. The van der Waals surface area contributed by atoms with Crippen molar-refractivity contribution in [3.8, 4) is 0 Å². The Morgan fingerprint density at radius 1 is 1.33 bits per heavy atom. The van der Waals surface area contributed by atoms with Gasteiger partial charge in [-0.1, -0.05) is 11.3 Å². The number of hydrogen-bond acceptors (Lipinski definition) is 5. The number of thiazole rings is 1. The second-order valence-electron chi connectivity index (χ2n) is 2.77. The predicted octanol–water partition coefficient (Wildman–Crippen LogP) is 3.39. The number of hydrogen-bond donors (Lipinski definition) is 2. The van der Waals surface area contributed by atoms with Gasteiger partial charge in [0.15, 0.2) is 5.13 Å². The minimum Gasteiger partial charge on any atom is -0.382 e. The lowest BCUT2D eigenvalue weighted by molar-refractivity contribution is 0.228. The number of thiophene rings is 1. The van der Waals surface area contributed by atoms with Crippen molar-refractivity contribution in [2.75, 3.05) is 5.73 Å². The van der Waals surface area contributed by atoms with Gasteiger partial charge in [-0.3, -0.25) is 0 Å². The molecule has 3 N–H and O–H groups in total. The maximum absolute atomic E-state index is 10.0. The van der Waals surface area contributed by atoms with E-state index < -0.39 is 6.10 Å². The Morgan fingerprint density at radius 2 is 2.07 bits per heavy atom. The standard InChI is InChI=1S/C8H6Br2N2OS2/c9-3-1-4(14-7(3)10)6(13)5-2-12-8(11)15-5/h1-2,6,13H,(H2,11,12). The van der Waals surface area contributed by atoms with Gasteiger partial charge in [0.1, 0.15) is 6.10 Å². The number of nitrogens with two attached hydrogens (primary N) is 1. The van der Waals surface area contributed by atoms with Gasteiger partial charge in [-0.05, 0) is 37.9 Å². The second kappa shape index (κ2) is 4.50. The molecule has 7 heteroatoms. The van der Waals surface area contributed by atoms with Crippen LogP contribution in [0.1, 0.15) is 15.9 Å². The highest BCUT2D eigenvalue weighted by atomic mass is 79.9. The summed E-state index contributed by atoms with van der Waals surface area (Å²) < 4.78 is 1.91. The summed E-state index contributed by atoms with van der Waals surface area (Å²) in [5.74, 6) is 0. The van der Waals surface area contributed by atoms with Crippen molar-refractivity contribution in [1.82, 2.24) is 4.98 Å². The van der Waals surface area contributed by atoms with Gasteiger partial charge in [0.05, 0.1) is 8.66 Å². The van der Waals surface area contributed by atoms with Crippen molar-refractivity contribution in [1.29, 1.82) is 0 Å². The summed E-state index contributed by atoms with van der Waals surface area (Å²) in [5.41, 5.74) is 5.51. The van der Waals surface area contributed by atoms with E-state index in [1.54, 1.807) is 6.20 Å². The Labute approximate surface area is 111 Å². The molecule has 3 nitrogen and oxygen atoms in total. The molecule has 2 aromatic rings. The molecule has 0 bridgehead atoms. The van der Waals surface area contributed by atoms with E-state index in [1.165, 1.54) is 22.7 Å². The largest absolute Gasteiger partial charge is 0.382 e. The van der Waals surface area contributed by atoms with E-state index in [2.05, 4.69) is 36.8 Å². The molecular weight excluding hydrogens is 364 g/mol. The molecule has 2 aromatic heterocycles. The zero-order valence-corrected chi connectivity index (χ0v) is 12.1. The van der Waals surface area contributed by atoms with Crippen LogP contribution in [0.3, 0.4) is 0 Å². The number of nitrogen functional groups attached to an aromatic ring is 1. The zero-order valence-electron chi connectivity index (χ0n) is 7.28. The molecule has 2 heterocycles. The number of aliphatic hydroxyl groups excluding tert-OH is 1. The minimum atomic E-state index is -0.646. The van der Waals surface area contributed by atoms with Gasteiger partial charge in [0, 0.05) is 15.5 Å². The van der Waals surface area contributed by atoms with Crippen molar-refractivity contribution in [2.24, 2.45) is 0 Å². The second-order valence-corrected chi connectivity index (χ2v) is 7.12. The van der Waals surface area contributed by atoms with Gasteiger partial charge in [-0.15, -0.1) is 11.3 Å². The number of rotatable bonds is 2. The Hall–Kier alpha value is 0.0500. The lowest BCUT2D eigenvalue weighted by Gasteiger charge is -2.03. The van der Waals surface area contributed by atoms with E-state index in [0.29, 0.717) is 5.13 Å². The first-order chi connectivity index (χ1) is 7.08. The number of aliphatic hydroxyl groups is 1. The molecule has 0 saturated carbocycles. The normalized spacial score (nSPS) is 13.0. The average molecular weight is 370 g/mol. The molecule has 0 fully saturated rings. The van der Waals surface area contributed by atoms with E-state index in [9.17, 15) is 5.11 Å². The van der Waals surface area contributed by atoms with Crippen LogP contribution in [-0.2, 0) is 0 Å². The van der Waals surface area contributed by atoms with Gasteiger partial charge in [-0.2, -0.15) is 0 Å². The van der Waals surface area contributed by atoms with Gasteiger partial charge in [0.25, 0.3) is 0 Å². The molecule has 0 radical (unpaired) electrons. The summed E-state index contributed by atoms with van der Waals surface area (Å²) in [6.45, 7) is 0. The van der Waals surface area contributed by atoms with Crippen molar-refractivity contribution < 1.29 is 5.11 Å². The first-order valence-corrected chi connectivity index (χ1v) is 7.14. The van der Waals surface area contributed by atoms with Crippen LogP contribution in [0.25, 0.3) is 0 Å². The third-order valence-corrected chi connectivity index (χ3v) is 5.93. The van der Waals surface area contributed by atoms with Crippen LogP contribution in [-0.4, -0.2) is 10.1 Å². The van der Waals surface area contributed by atoms with E-state index >= 15 is 0 Å². The molecule has 0 aliphatic heterocycles. The van der Waals surface area contributed by atoms with E-state index in [0.717, 1.165) is 18.0 Å². The molecule has 1 unspecified atom stereocenters. The first kappa shape index (κ1) is 11.5. The average Bonchev–Trinajstić information content (AvgIpc) is 2.74. The van der Waals surface area contributed by atoms with Crippen molar-refractivity contribution in [3.05, 3.63) is 30.3 Å². The summed E-state index contributed by atoms with van der Waals surface area (Å²) in [7, 11) is 0. The Morgan fingerprint density at radius 3 is 2.53 bits per heavy atom.